The van der Waals surface area contributed by atoms with Gasteiger partial charge in [0.2, 0.25) is 10.0 Å². The number of aryl methyl sites for hydroxylation is 1. The minimum atomic E-state index is -3.85. The summed E-state index contributed by atoms with van der Waals surface area (Å²) < 4.78 is 54.3. The van der Waals surface area contributed by atoms with Crippen LogP contribution in [-0.2, 0) is 20.0 Å². The molecule has 160 valence electrons. The molecule has 0 aliphatic rings. The molecule has 10 heteroatoms. The van der Waals surface area contributed by atoms with Crippen molar-refractivity contribution in [2.45, 2.75) is 30.6 Å². The highest BCUT2D eigenvalue weighted by Gasteiger charge is 2.22. The van der Waals surface area contributed by atoms with E-state index in [4.69, 9.17) is 0 Å². The Labute approximate surface area is 181 Å². The molecular formula is C20H23N3O4S3. The Bertz CT molecular complexity index is 1210. The van der Waals surface area contributed by atoms with E-state index in [2.05, 4.69) is 9.71 Å². The van der Waals surface area contributed by atoms with Gasteiger partial charge in [0.25, 0.3) is 10.0 Å². The fraction of sp³-hybridized carbons (Fsp3) is 0.250. The van der Waals surface area contributed by atoms with E-state index in [1.54, 1.807) is 49.4 Å². The highest BCUT2D eigenvalue weighted by Crippen LogP contribution is 2.25. The molecule has 0 radical (unpaired) electrons. The first kappa shape index (κ1) is 22.4. The van der Waals surface area contributed by atoms with Gasteiger partial charge in [0.15, 0.2) is 0 Å². The zero-order valence-corrected chi connectivity index (χ0v) is 19.3. The number of anilines is 1. The molecule has 0 unspecified atom stereocenters. The minimum Gasteiger partial charge on any atom is -0.280 e. The molecule has 30 heavy (non-hydrogen) atoms. The third-order valence-electron chi connectivity index (χ3n) is 4.53. The van der Waals surface area contributed by atoms with E-state index in [0.717, 1.165) is 16.3 Å². The quantitative estimate of drug-likeness (QED) is 0.543. The van der Waals surface area contributed by atoms with Gasteiger partial charge in [-0.25, -0.2) is 21.8 Å². The fourth-order valence-corrected chi connectivity index (χ4v) is 6.06. The normalized spacial score (nSPS) is 12.3. The molecule has 1 aromatic heterocycles. The first-order valence-electron chi connectivity index (χ1n) is 9.33. The summed E-state index contributed by atoms with van der Waals surface area (Å²) in [6.07, 6.45) is 0. The van der Waals surface area contributed by atoms with Gasteiger partial charge in [0.1, 0.15) is 0 Å². The van der Waals surface area contributed by atoms with Crippen molar-refractivity contribution in [1.82, 2.24) is 9.29 Å². The van der Waals surface area contributed by atoms with Gasteiger partial charge in [-0.05, 0) is 43.3 Å². The molecule has 0 bridgehead atoms. The number of thiazole rings is 1. The summed E-state index contributed by atoms with van der Waals surface area (Å²) in [4.78, 5) is 4.46. The van der Waals surface area contributed by atoms with Crippen molar-refractivity contribution in [2.75, 3.05) is 17.8 Å². The third-order valence-corrected chi connectivity index (χ3v) is 8.76. The van der Waals surface area contributed by atoms with Gasteiger partial charge in [0.05, 0.1) is 20.5 Å². The lowest BCUT2D eigenvalue weighted by atomic mass is 10.1. The second kappa shape index (κ2) is 8.84. The maximum absolute atomic E-state index is 12.7. The van der Waals surface area contributed by atoms with E-state index in [9.17, 15) is 16.8 Å². The molecule has 3 aromatic rings. The van der Waals surface area contributed by atoms with Gasteiger partial charge >= 0.3 is 0 Å². The summed E-state index contributed by atoms with van der Waals surface area (Å²) >= 11 is 1.55. The zero-order valence-electron chi connectivity index (χ0n) is 16.9. The Morgan fingerprint density at radius 3 is 1.97 bits per heavy atom. The fourth-order valence-electron chi connectivity index (χ4n) is 2.92. The van der Waals surface area contributed by atoms with Crippen molar-refractivity contribution in [3.05, 3.63) is 58.9 Å². The van der Waals surface area contributed by atoms with E-state index in [-0.39, 0.29) is 9.79 Å². The van der Waals surface area contributed by atoms with Gasteiger partial charge < -0.3 is 0 Å². The average molecular weight is 466 g/mol. The summed E-state index contributed by atoms with van der Waals surface area (Å²) in [6, 6.07) is 12.2. The molecule has 0 atom stereocenters. The maximum Gasteiger partial charge on any atom is 0.261 e. The van der Waals surface area contributed by atoms with E-state index in [0.29, 0.717) is 18.8 Å². The minimum absolute atomic E-state index is 0.0137. The van der Waals surface area contributed by atoms with Crippen LogP contribution in [0.25, 0.3) is 11.3 Å². The first-order valence-corrected chi connectivity index (χ1v) is 13.1. The number of hydrogen-bond donors (Lipinski definition) is 1. The third kappa shape index (κ3) is 4.72. The molecule has 0 amide bonds. The van der Waals surface area contributed by atoms with Crippen LogP contribution in [0.15, 0.2) is 63.7 Å². The Morgan fingerprint density at radius 2 is 1.47 bits per heavy atom. The van der Waals surface area contributed by atoms with Crippen LogP contribution in [-0.4, -0.2) is 39.2 Å². The van der Waals surface area contributed by atoms with Crippen LogP contribution >= 0.6 is 11.3 Å². The second-order valence-corrected chi connectivity index (χ2v) is 11.2. The van der Waals surface area contributed by atoms with Crippen LogP contribution in [0.1, 0.15) is 18.9 Å². The largest absolute Gasteiger partial charge is 0.280 e. The van der Waals surface area contributed by atoms with Crippen LogP contribution < -0.4 is 4.72 Å². The molecule has 0 saturated heterocycles. The van der Waals surface area contributed by atoms with Gasteiger partial charge in [-0.15, -0.1) is 11.3 Å². The van der Waals surface area contributed by atoms with Crippen molar-refractivity contribution < 1.29 is 16.8 Å². The molecule has 0 aliphatic heterocycles. The summed E-state index contributed by atoms with van der Waals surface area (Å²) in [5.41, 5.74) is 2.15. The van der Waals surface area contributed by atoms with E-state index in [1.165, 1.54) is 28.6 Å². The highest BCUT2D eigenvalue weighted by atomic mass is 32.2. The van der Waals surface area contributed by atoms with E-state index >= 15 is 0 Å². The predicted octanol–water partition coefficient (Wildman–Crippen LogP) is 3.95. The Hall–Kier alpha value is -2.27. The SMILES string of the molecule is CCN(CC)S(=O)(=O)c1ccc(S(=O)(=O)Nc2ccc(-c3csc(C)n3)cc2)cc1. The molecule has 0 aliphatic carbocycles. The maximum atomic E-state index is 12.7. The number of hydrogen-bond acceptors (Lipinski definition) is 6. The summed E-state index contributed by atoms with van der Waals surface area (Å²) in [5.74, 6) is 0. The van der Waals surface area contributed by atoms with E-state index < -0.39 is 20.0 Å². The molecule has 2 aromatic carbocycles. The summed E-state index contributed by atoms with van der Waals surface area (Å²) in [5, 5.41) is 2.91. The summed E-state index contributed by atoms with van der Waals surface area (Å²) in [7, 11) is -7.49. The zero-order chi connectivity index (χ0) is 21.9. The number of aromatic nitrogens is 1. The monoisotopic (exact) mass is 465 g/mol. The van der Waals surface area contributed by atoms with Crippen LogP contribution in [0.3, 0.4) is 0 Å². The lowest BCUT2D eigenvalue weighted by Gasteiger charge is -2.18. The molecular weight excluding hydrogens is 442 g/mol. The molecule has 0 fully saturated rings. The first-order chi connectivity index (χ1) is 14.2. The van der Waals surface area contributed by atoms with Crippen molar-refractivity contribution in [3.8, 4) is 11.3 Å². The standard InChI is InChI=1S/C20H23N3O4S3/c1-4-23(5-2)30(26,27)19-12-10-18(11-13-19)29(24,25)22-17-8-6-16(7-9-17)20-14-28-15(3)21-20/h6-14,22H,4-5H2,1-3H3. The predicted molar refractivity (Wildman–Crippen MR) is 120 cm³/mol. The van der Waals surface area contributed by atoms with Gasteiger partial charge in [-0.2, -0.15) is 4.31 Å². The summed E-state index contributed by atoms with van der Waals surface area (Å²) in [6.45, 7) is 6.12. The van der Waals surface area contributed by atoms with Crippen LogP contribution in [0.2, 0.25) is 0 Å². The number of sulfonamides is 2. The van der Waals surface area contributed by atoms with E-state index in [1.807, 2.05) is 12.3 Å². The molecule has 7 nitrogen and oxygen atoms in total. The number of nitrogens with one attached hydrogen (secondary N) is 1. The van der Waals surface area contributed by atoms with Crippen molar-refractivity contribution in [1.29, 1.82) is 0 Å². The number of benzene rings is 2. The Balaban J connectivity index is 1.79. The molecule has 3 rings (SSSR count). The van der Waals surface area contributed by atoms with Gasteiger partial charge in [-0.3, -0.25) is 4.72 Å². The molecule has 0 saturated carbocycles. The van der Waals surface area contributed by atoms with Gasteiger partial charge in [0, 0.05) is 29.7 Å². The lowest BCUT2D eigenvalue weighted by Crippen LogP contribution is -2.30. The smallest absolute Gasteiger partial charge is 0.261 e. The molecule has 1 N–H and O–H groups in total. The Kier molecular flexibility index (Phi) is 6.61. The van der Waals surface area contributed by atoms with Crippen molar-refractivity contribution in [2.24, 2.45) is 0 Å². The topological polar surface area (TPSA) is 96.4 Å². The number of rotatable bonds is 8. The van der Waals surface area contributed by atoms with Crippen molar-refractivity contribution >= 4 is 37.1 Å². The average Bonchev–Trinajstić information content (AvgIpc) is 3.15. The van der Waals surface area contributed by atoms with Crippen molar-refractivity contribution in [3.63, 3.8) is 0 Å². The van der Waals surface area contributed by atoms with Gasteiger partial charge in [-0.1, -0.05) is 26.0 Å². The van der Waals surface area contributed by atoms with Crippen LogP contribution in [0, 0.1) is 6.92 Å². The number of nitrogens with zero attached hydrogens (tertiary/aromatic N) is 2. The Morgan fingerprint density at radius 1 is 0.900 bits per heavy atom. The molecule has 0 spiro atoms. The van der Waals surface area contributed by atoms with Crippen LogP contribution in [0.4, 0.5) is 5.69 Å². The van der Waals surface area contributed by atoms with Crippen LogP contribution in [0.5, 0.6) is 0 Å². The molecule has 1 heterocycles. The second-order valence-electron chi connectivity index (χ2n) is 6.50. The highest BCUT2D eigenvalue weighted by molar-refractivity contribution is 7.92. The lowest BCUT2D eigenvalue weighted by molar-refractivity contribution is 0.445.